The van der Waals surface area contributed by atoms with E-state index in [0.717, 1.165) is 16.8 Å². The van der Waals surface area contributed by atoms with Crippen molar-refractivity contribution in [1.82, 2.24) is 5.01 Å². The number of hydrogen-bond acceptors (Lipinski definition) is 9. The number of thiocarbonyl (C=S) groups is 1. The number of benzene rings is 1. The van der Waals surface area contributed by atoms with Crippen LogP contribution >= 0.6 is 24.0 Å². The molecule has 2 aromatic rings. The number of carbonyl (C=O) groups excluding carboxylic acids is 1. The van der Waals surface area contributed by atoms with Gasteiger partial charge in [-0.2, -0.15) is 10.1 Å². The van der Waals surface area contributed by atoms with Crippen molar-refractivity contribution in [2.24, 2.45) is 5.10 Å². The van der Waals surface area contributed by atoms with Gasteiger partial charge in [-0.1, -0.05) is 11.8 Å². The highest BCUT2D eigenvalue weighted by Gasteiger charge is 2.32. The van der Waals surface area contributed by atoms with Gasteiger partial charge in [0.15, 0.2) is 4.32 Å². The summed E-state index contributed by atoms with van der Waals surface area (Å²) in [5.41, 5.74) is 0.696. The van der Waals surface area contributed by atoms with Gasteiger partial charge in [0.1, 0.15) is 22.2 Å². The Kier molecular flexibility index (Phi) is 6.65. The topological polar surface area (TPSA) is 107 Å². The van der Waals surface area contributed by atoms with E-state index in [1.165, 1.54) is 37.6 Å². The van der Waals surface area contributed by atoms with E-state index < -0.39 is 4.92 Å². The molecule has 0 N–H and O–H groups in total. The van der Waals surface area contributed by atoms with E-state index in [9.17, 15) is 14.9 Å². The lowest BCUT2D eigenvalue weighted by atomic mass is 10.1. The van der Waals surface area contributed by atoms with Gasteiger partial charge in [-0.15, -0.1) is 0 Å². The van der Waals surface area contributed by atoms with Gasteiger partial charge < -0.3 is 13.9 Å². The number of furan rings is 1. The Balaban J connectivity index is 1.73. The Morgan fingerprint density at radius 3 is 2.73 bits per heavy atom. The summed E-state index contributed by atoms with van der Waals surface area (Å²) >= 11 is 6.35. The molecule has 3 rings (SSSR count). The van der Waals surface area contributed by atoms with E-state index in [1.807, 2.05) is 0 Å². The number of hydrazone groups is 1. The molecular weight excluding hydrogens is 430 g/mol. The smallest absolute Gasteiger partial charge is 0.433 e. The maximum absolute atomic E-state index is 12.6. The lowest BCUT2D eigenvalue weighted by Gasteiger charge is -2.08. The molecule has 0 unspecified atom stereocenters. The van der Waals surface area contributed by atoms with Crippen molar-refractivity contribution in [3.63, 3.8) is 0 Å². The van der Waals surface area contributed by atoms with Crippen LogP contribution in [-0.4, -0.2) is 40.6 Å². The monoisotopic (exact) mass is 445 g/mol. The summed E-state index contributed by atoms with van der Waals surface area (Å²) in [6, 6.07) is 7.95. The summed E-state index contributed by atoms with van der Waals surface area (Å²) < 4.78 is 15.8. The van der Waals surface area contributed by atoms with Gasteiger partial charge in [0, 0.05) is 17.8 Å². The second kappa shape index (κ2) is 9.37. The minimum Gasteiger partial charge on any atom is -0.497 e. The molecule has 0 radical (unpaired) electrons. The van der Waals surface area contributed by atoms with Crippen molar-refractivity contribution in [3.05, 3.63) is 62.8 Å². The summed E-state index contributed by atoms with van der Waals surface area (Å²) in [6.45, 7) is 0. The molecule has 30 heavy (non-hydrogen) atoms. The van der Waals surface area contributed by atoms with Crippen molar-refractivity contribution in [2.75, 3.05) is 14.2 Å². The van der Waals surface area contributed by atoms with E-state index in [1.54, 1.807) is 31.4 Å². The zero-order valence-electron chi connectivity index (χ0n) is 15.8. The number of allylic oxidation sites excluding steroid dienone is 1. The molecule has 1 aromatic heterocycles. The van der Waals surface area contributed by atoms with Gasteiger partial charge in [-0.3, -0.25) is 14.9 Å². The number of nitro groups is 1. The Bertz CT molecular complexity index is 1090. The van der Waals surface area contributed by atoms with Gasteiger partial charge in [-0.05, 0) is 48.6 Å². The van der Waals surface area contributed by atoms with E-state index >= 15 is 0 Å². The van der Waals surface area contributed by atoms with Crippen LogP contribution in [0.25, 0.3) is 12.2 Å². The summed E-state index contributed by atoms with van der Waals surface area (Å²) in [5.74, 6) is 0.738. The fourth-order valence-electron chi connectivity index (χ4n) is 2.41. The first kappa shape index (κ1) is 21.3. The zero-order valence-corrected chi connectivity index (χ0v) is 17.4. The third-order valence-electron chi connectivity index (χ3n) is 3.82. The third kappa shape index (κ3) is 4.75. The summed E-state index contributed by atoms with van der Waals surface area (Å²) in [5, 5.41) is 15.7. The predicted octanol–water partition coefficient (Wildman–Crippen LogP) is 4.11. The maximum Gasteiger partial charge on any atom is 0.433 e. The van der Waals surface area contributed by atoms with Crippen LogP contribution in [0.2, 0.25) is 0 Å². The standard InChI is InChI=1S/C19H15N3O6S2/c1-26-14-6-5-12(15(11-14)27-2)10-16-18(23)21(19(29)30-16)20-9-3-4-13-7-8-17(28-13)22(24)25/h3-11H,1-2H3/b4-3+,16-10+,20-9+. The molecule has 2 heterocycles. The summed E-state index contributed by atoms with van der Waals surface area (Å²) in [7, 11) is 3.08. The lowest BCUT2D eigenvalue weighted by Crippen LogP contribution is -2.21. The molecule has 1 aromatic carbocycles. The minimum absolute atomic E-state index is 0.275. The average Bonchev–Trinajstić information content (AvgIpc) is 3.31. The fraction of sp³-hybridized carbons (Fsp3) is 0.105. The molecule has 9 nitrogen and oxygen atoms in total. The van der Waals surface area contributed by atoms with Gasteiger partial charge in [0.05, 0.1) is 25.2 Å². The molecule has 0 bridgehead atoms. The second-order valence-corrected chi connectivity index (χ2v) is 7.33. The van der Waals surface area contributed by atoms with Crippen molar-refractivity contribution < 1.29 is 23.6 Å². The number of rotatable bonds is 7. The molecule has 0 aliphatic carbocycles. The zero-order chi connectivity index (χ0) is 21.7. The highest BCUT2D eigenvalue weighted by Crippen LogP contribution is 2.35. The summed E-state index contributed by atoms with van der Waals surface area (Å²) in [6.07, 6.45) is 5.98. The highest BCUT2D eigenvalue weighted by molar-refractivity contribution is 8.26. The van der Waals surface area contributed by atoms with Crippen molar-refractivity contribution in [1.29, 1.82) is 0 Å². The quantitative estimate of drug-likeness (QED) is 0.206. The van der Waals surface area contributed by atoms with E-state index in [0.29, 0.717) is 22.0 Å². The van der Waals surface area contributed by atoms with Crippen molar-refractivity contribution in [3.8, 4) is 11.5 Å². The predicted molar refractivity (Wildman–Crippen MR) is 117 cm³/mol. The van der Waals surface area contributed by atoms with Crippen molar-refractivity contribution in [2.45, 2.75) is 0 Å². The van der Waals surface area contributed by atoms with E-state index in [4.69, 9.17) is 26.1 Å². The highest BCUT2D eigenvalue weighted by atomic mass is 32.2. The number of hydrogen-bond donors (Lipinski definition) is 0. The average molecular weight is 445 g/mol. The number of thioether (sulfide) groups is 1. The molecule has 0 atom stereocenters. The van der Waals surface area contributed by atoms with Gasteiger partial charge in [0.2, 0.25) is 0 Å². The fourth-order valence-corrected chi connectivity index (χ4v) is 3.57. The maximum atomic E-state index is 12.6. The number of ether oxygens (including phenoxy) is 2. The number of nitrogens with zero attached hydrogens (tertiary/aromatic N) is 3. The van der Waals surface area contributed by atoms with E-state index in [2.05, 4.69) is 5.10 Å². The Labute approximate surface area is 180 Å². The van der Waals surface area contributed by atoms with Gasteiger partial charge in [0.25, 0.3) is 5.91 Å². The SMILES string of the molecule is COc1ccc(/C=C2/SC(=S)N(/N=C/C=C/c3ccc([N+](=O)[O-])o3)C2=O)c(OC)c1. The molecular formula is C19H15N3O6S2. The molecule has 1 aliphatic rings. The molecule has 1 aliphatic heterocycles. The Morgan fingerprint density at radius 1 is 1.27 bits per heavy atom. The van der Waals surface area contributed by atoms with Gasteiger partial charge >= 0.3 is 5.88 Å². The molecule has 0 saturated carbocycles. The van der Waals surface area contributed by atoms with Crippen LogP contribution in [0.1, 0.15) is 11.3 Å². The normalized spacial score (nSPS) is 15.7. The lowest BCUT2D eigenvalue weighted by molar-refractivity contribution is -0.402. The van der Waals surface area contributed by atoms with Crippen LogP contribution in [0.4, 0.5) is 5.88 Å². The molecule has 1 saturated heterocycles. The van der Waals surface area contributed by atoms with Crippen LogP contribution in [0, 0.1) is 10.1 Å². The number of methoxy groups -OCH3 is 2. The van der Waals surface area contributed by atoms with Crippen LogP contribution < -0.4 is 9.47 Å². The van der Waals surface area contributed by atoms with Crippen LogP contribution in [0.5, 0.6) is 11.5 Å². The van der Waals surface area contributed by atoms with Gasteiger partial charge in [-0.25, -0.2) is 0 Å². The molecule has 154 valence electrons. The van der Waals surface area contributed by atoms with Crippen molar-refractivity contribution >= 4 is 58.5 Å². The number of amides is 1. The largest absolute Gasteiger partial charge is 0.497 e. The van der Waals surface area contributed by atoms with Crippen LogP contribution in [-0.2, 0) is 4.79 Å². The summed E-state index contributed by atoms with van der Waals surface area (Å²) in [4.78, 5) is 23.0. The Morgan fingerprint density at radius 2 is 2.07 bits per heavy atom. The molecule has 1 fully saturated rings. The minimum atomic E-state index is -0.629. The second-order valence-electron chi connectivity index (χ2n) is 5.66. The Hall–Kier alpha value is -3.44. The number of carbonyl (C=O) groups is 1. The van der Waals surface area contributed by atoms with E-state index in [-0.39, 0.29) is 21.9 Å². The third-order valence-corrected chi connectivity index (χ3v) is 5.10. The first-order valence-electron chi connectivity index (χ1n) is 8.38. The first-order valence-corrected chi connectivity index (χ1v) is 9.60. The molecule has 11 heteroatoms. The molecule has 1 amide bonds. The van der Waals surface area contributed by atoms with Crippen LogP contribution in [0.3, 0.4) is 0 Å². The van der Waals surface area contributed by atoms with Crippen LogP contribution in [0.15, 0.2) is 50.8 Å². The molecule has 0 spiro atoms. The first-order chi connectivity index (χ1) is 14.4.